The average molecular weight is 701 g/mol. The Balaban J connectivity index is 0.00000133. The van der Waals surface area contributed by atoms with Gasteiger partial charge in [-0.3, -0.25) is 39.4 Å². The van der Waals surface area contributed by atoms with Gasteiger partial charge in [0.15, 0.2) is 0 Å². The van der Waals surface area contributed by atoms with Crippen LogP contribution in [0.25, 0.3) is 16.6 Å². The Labute approximate surface area is 299 Å². The standard InChI is InChI=1S/C35H38N8O6.C2H6.2H2/c1-20-18-42(29-17-27(36-19-37-29)31-25-16-22(49-35(2)9-10-35)4-6-26(25)39-40-31)12-11-41(20)13-14-48-21-3-5-23-24(15-21)34(47)43(33(23)46)28-7-8-30(44)38-32(28)45;1-2;;/h3-6,15-17,20,28,36H,7-14,18-19H2,1-2H3,(H,39,40)(H,38,44,45);1-2H3;2*1H/t20-,28?;;;/m0.../s1. The second kappa shape index (κ2) is 13.8. The number of piperidine rings is 1. The molecule has 51 heavy (non-hydrogen) atoms. The van der Waals surface area contributed by atoms with E-state index in [1.54, 1.807) is 18.2 Å². The van der Waals surface area contributed by atoms with Gasteiger partial charge in [0.25, 0.3) is 11.8 Å². The largest absolute Gasteiger partial charge is 0.492 e. The summed E-state index contributed by atoms with van der Waals surface area (Å²) in [6.45, 7) is 12.3. The van der Waals surface area contributed by atoms with Crippen LogP contribution in [0, 0.1) is 0 Å². The summed E-state index contributed by atoms with van der Waals surface area (Å²) in [6.07, 6.45) is 4.41. The third kappa shape index (κ3) is 6.79. The SMILES string of the molecule is CC.C[C@H]1CN(C2=NCNC(c3n[nH]c4ccc(OC5(C)CC5)cc34)=C2)CCN1CCOc1ccc2c(c1)C(=O)N(C1CCC(=O)NC1=O)C2=O.[HH].[HH]. The van der Waals surface area contributed by atoms with Gasteiger partial charge in [0, 0.05) is 53.0 Å². The first-order valence-corrected chi connectivity index (χ1v) is 17.8. The number of carbonyl (C=O) groups is 4. The third-order valence-corrected chi connectivity index (χ3v) is 10.0. The van der Waals surface area contributed by atoms with E-state index in [9.17, 15) is 19.2 Å². The number of H-pyrrole nitrogens is 1. The molecule has 0 radical (unpaired) electrons. The number of aromatic nitrogens is 2. The Morgan fingerprint density at radius 2 is 1.78 bits per heavy atom. The Morgan fingerprint density at radius 1 is 1.00 bits per heavy atom. The fourth-order valence-electron chi connectivity index (χ4n) is 6.96. The number of nitrogens with zero attached hydrogens (tertiary/aromatic N) is 5. The van der Waals surface area contributed by atoms with Crippen LogP contribution in [-0.4, -0.2) is 112 Å². The van der Waals surface area contributed by atoms with E-state index in [0.717, 1.165) is 71.3 Å². The quantitative estimate of drug-likeness (QED) is 0.295. The highest BCUT2D eigenvalue weighted by Crippen LogP contribution is 2.40. The van der Waals surface area contributed by atoms with Crippen LogP contribution < -0.4 is 20.1 Å². The van der Waals surface area contributed by atoms with Crippen LogP contribution in [0.3, 0.4) is 0 Å². The monoisotopic (exact) mass is 700 g/mol. The molecule has 0 bridgehead atoms. The topological polar surface area (TPSA) is 162 Å². The second-order valence-electron chi connectivity index (χ2n) is 13.6. The molecule has 2 aromatic carbocycles. The number of imide groups is 2. The first-order valence-electron chi connectivity index (χ1n) is 17.8. The molecule has 5 heterocycles. The van der Waals surface area contributed by atoms with Gasteiger partial charge in [-0.15, -0.1) is 0 Å². The van der Waals surface area contributed by atoms with Gasteiger partial charge in [-0.2, -0.15) is 5.10 Å². The van der Waals surface area contributed by atoms with Crippen LogP contribution in [0.1, 0.15) is 82.6 Å². The van der Waals surface area contributed by atoms with Crippen molar-refractivity contribution in [3.05, 3.63) is 59.3 Å². The number of aliphatic imine (C=N–C) groups is 1. The maximum absolute atomic E-state index is 13.2. The van der Waals surface area contributed by atoms with Gasteiger partial charge in [-0.25, -0.2) is 4.99 Å². The summed E-state index contributed by atoms with van der Waals surface area (Å²) in [5.41, 5.74) is 3.09. The smallest absolute Gasteiger partial charge is 0.262 e. The average Bonchev–Trinajstić information content (AvgIpc) is 3.62. The van der Waals surface area contributed by atoms with E-state index in [-0.39, 0.29) is 38.5 Å². The van der Waals surface area contributed by atoms with Crippen molar-refractivity contribution in [2.24, 2.45) is 4.99 Å². The summed E-state index contributed by atoms with van der Waals surface area (Å²) in [4.78, 5) is 60.4. The molecule has 8 rings (SSSR count). The predicted molar refractivity (Wildman–Crippen MR) is 195 cm³/mol. The second-order valence-corrected chi connectivity index (χ2v) is 13.6. The highest BCUT2D eigenvalue weighted by atomic mass is 16.5. The van der Waals surface area contributed by atoms with E-state index in [1.807, 2.05) is 26.0 Å². The first-order chi connectivity index (χ1) is 24.7. The number of fused-ring (bicyclic) bond motifs is 2. The van der Waals surface area contributed by atoms with Crippen molar-refractivity contribution in [3.8, 4) is 11.5 Å². The van der Waals surface area contributed by atoms with Crippen molar-refractivity contribution >= 4 is 46.1 Å². The van der Waals surface area contributed by atoms with Crippen molar-refractivity contribution < 1.29 is 31.5 Å². The molecule has 0 spiro atoms. The molecule has 2 saturated heterocycles. The van der Waals surface area contributed by atoms with Gasteiger partial charge >= 0.3 is 0 Å². The fraction of sp³-hybridized carbons (Fsp3) is 0.459. The number of piperazine rings is 1. The van der Waals surface area contributed by atoms with Crippen molar-refractivity contribution in [1.82, 2.24) is 35.5 Å². The Kier molecular flexibility index (Phi) is 9.27. The Bertz CT molecular complexity index is 1960. The normalized spacial score (nSPS) is 22.7. The van der Waals surface area contributed by atoms with Crippen LogP contribution in [0.2, 0.25) is 0 Å². The molecule has 4 aliphatic heterocycles. The van der Waals surface area contributed by atoms with Gasteiger partial charge in [0.1, 0.15) is 47.9 Å². The lowest BCUT2D eigenvalue weighted by molar-refractivity contribution is -0.136. The van der Waals surface area contributed by atoms with E-state index < -0.39 is 29.7 Å². The Morgan fingerprint density at radius 3 is 2.55 bits per heavy atom. The van der Waals surface area contributed by atoms with E-state index in [1.165, 1.54) is 0 Å². The molecule has 3 fully saturated rings. The number of hydrogen-bond acceptors (Lipinski definition) is 11. The number of carbonyl (C=O) groups excluding carboxylic acids is 4. The maximum Gasteiger partial charge on any atom is 0.262 e. The molecule has 1 aliphatic carbocycles. The summed E-state index contributed by atoms with van der Waals surface area (Å²) in [7, 11) is 0. The molecular weight excluding hydrogens is 652 g/mol. The van der Waals surface area contributed by atoms with Crippen molar-refractivity contribution in [1.29, 1.82) is 0 Å². The summed E-state index contributed by atoms with van der Waals surface area (Å²) >= 11 is 0. The van der Waals surface area contributed by atoms with Gasteiger partial charge in [-0.1, -0.05) is 13.8 Å². The van der Waals surface area contributed by atoms with E-state index in [4.69, 9.17) is 14.5 Å². The predicted octanol–water partition coefficient (Wildman–Crippen LogP) is 3.80. The van der Waals surface area contributed by atoms with Crippen molar-refractivity contribution in [2.75, 3.05) is 39.5 Å². The van der Waals surface area contributed by atoms with Crippen LogP contribution >= 0.6 is 0 Å². The van der Waals surface area contributed by atoms with Gasteiger partial charge in [-0.05, 0) is 69.5 Å². The first kappa shape index (κ1) is 34.2. The Hall–Kier alpha value is -5.24. The van der Waals surface area contributed by atoms with E-state index in [2.05, 4.69) is 56.6 Å². The van der Waals surface area contributed by atoms with E-state index >= 15 is 0 Å². The zero-order chi connectivity index (χ0) is 35.9. The van der Waals surface area contributed by atoms with E-state index in [0.29, 0.717) is 25.6 Å². The highest BCUT2D eigenvalue weighted by molar-refractivity contribution is 6.23. The summed E-state index contributed by atoms with van der Waals surface area (Å²) in [5.74, 6) is 0.133. The number of rotatable bonds is 8. The lowest BCUT2D eigenvalue weighted by atomic mass is 10.0. The number of ether oxygens (including phenoxy) is 2. The zero-order valence-corrected chi connectivity index (χ0v) is 29.5. The molecule has 5 aliphatic rings. The zero-order valence-electron chi connectivity index (χ0n) is 29.5. The molecule has 272 valence electrons. The van der Waals surface area contributed by atoms with Crippen LogP contribution in [0.4, 0.5) is 0 Å². The number of hydrogen-bond donors (Lipinski definition) is 3. The lowest BCUT2D eigenvalue weighted by Crippen LogP contribution is -2.54. The van der Waals surface area contributed by atoms with Gasteiger partial charge in [0.05, 0.1) is 22.3 Å². The number of amides is 4. The number of amidine groups is 1. The summed E-state index contributed by atoms with van der Waals surface area (Å²) in [5, 5.41) is 14.4. The maximum atomic E-state index is 13.2. The van der Waals surface area contributed by atoms with Crippen LogP contribution in [0.5, 0.6) is 11.5 Å². The van der Waals surface area contributed by atoms with Crippen molar-refractivity contribution in [2.45, 2.75) is 71.1 Å². The highest BCUT2D eigenvalue weighted by Gasteiger charge is 2.45. The molecule has 2 atom stereocenters. The molecular formula is C37H48N8O6. The third-order valence-electron chi connectivity index (χ3n) is 10.0. The van der Waals surface area contributed by atoms with Crippen molar-refractivity contribution in [3.63, 3.8) is 0 Å². The van der Waals surface area contributed by atoms with Crippen LogP contribution in [0.15, 0.2) is 47.5 Å². The minimum absolute atomic E-state index is 0. The minimum Gasteiger partial charge on any atom is -0.492 e. The lowest BCUT2D eigenvalue weighted by Gasteiger charge is -2.41. The number of benzene rings is 2. The molecule has 14 heteroatoms. The van der Waals surface area contributed by atoms with Gasteiger partial charge < -0.3 is 19.7 Å². The molecule has 1 saturated carbocycles. The minimum atomic E-state index is -0.999. The molecule has 3 N–H and O–H groups in total. The molecule has 14 nitrogen and oxygen atoms in total. The molecule has 1 unspecified atom stereocenters. The number of nitrogens with one attached hydrogen (secondary N) is 3. The molecule has 1 aromatic heterocycles. The van der Waals surface area contributed by atoms with Gasteiger partial charge in [0.2, 0.25) is 11.8 Å². The summed E-state index contributed by atoms with van der Waals surface area (Å²) < 4.78 is 12.2. The molecule has 3 aromatic rings. The number of aromatic amines is 1. The fourth-order valence-corrected chi connectivity index (χ4v) is 6.96. The van der Waals surface area contributed by atoms with Crippen LogP contribution in [-0.2, 0) is 9.59 Å². The summed E-state index contributed by atoms with van der Waals surface area (Å²) in [6, 6.07) is 10.1. The molecule has 4 amide bonds.